The number of hydrogen-bond donors (Lipinski definition) is 2. The minimum atomic E-state index is -0.490. The average molecular weight is 395 g/mol. The Labute approximate surface area is 135 Å². The number of nitrogens with one attached hydrogen (secondary N) is 1. The molecular weight excluding hydrogens is 375 g/mol. The molecule has 3 nitrogen and oxygen atoms in total. The number of aliphatic imine (C=N–C) groups is 1. The molecule has 1 saturated carbocycles. The zero-order valence-electron chi connectivity index (χ0n) is 11.4. The zero-order chi connectivity index (χ0) is 13.8. The molecule has 0 heterocycles. The van der Waals surface area contributed by atoms with E-state index in [1.807, 2.05) is 0 Å². The molecule has 0 saturated heterocycles. The summed E-state index contributed by atoms with van der Waals surface area (Å²) in [6, 6.07) is 3.93. The van der Waals surface area contributed by atoms with Crippen LogP contribution in [0.25, 0.3) is 0 Å². The van der Waals surface area contributed by atoms with Gasteiger partial charge in [-0.15, -0.1) is 24.0 Å². The summed E-state index contributed by atoms with van der Waals surface area (Å²) in [7, 11) is 0. The van der Waals surface area contributed by atoms with Crippen molar-refractivity contribution in [2.75, 3.05) is 6.54 Å². The molecule has 0 radical (unpaired) electrons. The molecule has 0 spiro atoms. The third-order valence-electron chi connectivity index (χ3n) is 3.29. The Balaban J connectivity index is 0.00000200. The first-order valence-electron chi connectivity index (χ1n) is 6.63. The first-order valence-corrected chi connectivity index (χ1v) is 6.63. The van der Waals surface area contributed by atoms with Crippen molar-refractivity contribution in [3.05, 3.63) is 35.4 Å². The number of hydrogen-bond acceptors (Lipinski definition) is 1. The van der Waals surface area contributed by atoms with Gasteiger partial charge in [0.25, 0.3) is 0 Å². The van der Waals surface area contributed by atoms with Gasteiger partial charge < -0.3 is 11.1 Å². The minimum Gasteiger partial charge on any atom is -0.370 e. The molecule has 20 heavy (non-hydrogen) atoms. The third-order valence-corrected chi connectivity index (χ3v) is 3.29. The molecule has 1 fully saturated rings. The van der Waals surface area contributed by atoms with Crippen molar-refractivity contribution in [2.24, 2.45) is 10.7 Å². The van der Waals surface area contributed by atoms with E-state index in [9.17, 15) is 8.78 Å². The molecule has 6 heteroatoms. The van der Waals surface area contributed by atoms with Gasteiger partial charge in [0.15, 0.2) is 5.96 Å². The lowest BCUT2D eigenvalue weighted by atomic mass is 10.1. The number of nitrogens with two attached hydrogens (primary N) is 1. The average Bonchev–Trinajstić information content (AvgIpc) is 3.08. The number of halogens is 3. The fraction of sp³-hybridized carbons (Fsp3) is 0.500. The van der Waals surface area contributed by atoms with Gasteiger partial charge in [-0.3, -0.25) is 4.99 Å². The quantitative estimate of drug-likeness (QED) is 0.348. The molecule has 1 aliphatic carbocycles. The molecule has 0 amide bonds. The van der Waals surface area contributed by atoms with Gasteiger partial charge in [0.1, 0.15) is 11.6 Å². The highest BCUT2D eigenvalue weighted by atomic mass is 127. The summed E-state index contributed by atoms with van der Waals surface area (Å²) >= 11 is 0. The summed E-state index contributed by atoms with van der Waals surface area (Å²) in [6.45, 7) is 2.76. The maximum absolute atomic E-state index is 13.6. The maximum atomic E-state index is 13.6. The largest absolute Gasteiger partial charge is 0.370 e. The lowest BCUT2D eigenvalue weighted by molar-refractivity contribution is 0.553. The molecule has 2 atom stereocenters. The fourth-order valence-corrected chi connectivity index (χ4v) is 2.13. The van der Waals surface area contributed by atoms with Crippen molar-refractivity contribution in [1.82, 2.24) is 5.32 Å². The number of guanidine groups is 1. The predicted octanol–water partition coefficient (Wildman–Crippen LogP) is 3.14. The lowest BCUT2D eigenvalue weighted by Gasteiger charge is -2.06. The van der Waals surface area contributed by atoms with Crippen LogP contribution in [0.3, 0.4) is 0 Å². The Bertz CT molecular complexity index is 459. The maximum Gasteiger partial charge on any atom is 0.188 e. The van der Waals surface area contributed by atoms with Crippen LogP contribution in [0.4, 0.5) is 8.78 Å². The summed E-state index contributed by atoms with van der Waals surface area (Å²) in [5.74, 6) is -0.773. The Morgan fingerprint density at radius 2 is 2.05 bits per heavy atom. The van der Waals surface area contributed by atoms with Crippen LogP contribution in [0, 0.1) is 11.6 Å². The van der Waals surface area contributed by atoms with Crippen LogP contribution in [0.15, 0.2) is 23.2 Å². The normalized spacial score (nSPS) is 21.2. The molecule has 0 bridgehead atoms. The van der Waals surface area contributed by atoms with E-state index >= 15 is 0 Å². The zero-order valence-corrected chi connectivity index (χ0v) is 13.7. The highest BCUT2D eigenvalue weighted by Gasteiger charge is 2.42. The highest BCUT2D eigenvalue weighted by Crippen LogP contribution is 2.42. The van der Waals surface area contributed by atoms with Gasteiger partial charge in [-0.25, -0.2) is 8.78 Å². The van der Waals surface area contributed by atoms with Gasteiger partial charge in [-0.1, -0.05) is 19.4 Å². The molecule has 112 valence electrons. The molecule has 3 N–H and O–H groups in total. The summed E-state index contributed by atoms with van der Waals surface area (Å²) in [4.78, 5) is 4.16. The predicted molar refractivity (Wildman–Crippen MR) is 87.5 cm³/mol. The van der Waals surface area contributed by atoms with Crippen LogP contribution < -0.4 is 11.1 Å². The van der Waals surface area contributed by atoms with Gasteiger partial charge in [-0.2, -0.15) is 0 Å². The van der Waals surface area contributed by atoms with E-state index in [1.54, 1.807) is 0 Å². The topological polar surface area (TPSA) is 50.4 Å². The van der Waals surface area contributed by atoms with Crippen molar-refractivity contribution < 1.29 is 8.78 Å². The summed E-state index contributed by atoms with van der Waals surface area (Å²) in [5, 5.41) is 3.01. The number of benzene rings is 1. The van der Waals surface area contributed by atoms with Crippen LogP contribution in [0.2, 0.25) is 0 Å². The summed E-state index contributed by atoms with van der Waals surface area (Å²) < 4.78 is 27.1. The molecular formula is C14H20F2IN3. The number of nitrogens with zero attached hydrogens (tertiary/aromatic N) is 1. The second kappa shape index (κ2) is 7.75. The van der Waals surface area contributed by atoms with E-state index in [0.717, 1.165) is 12.8 Å². The van der Waals surface area contributed by atoms with E-state index in [1.165, 1.54) is 18.2 Å². The number of unbranched alkanes of at least 4 members (excludes halogenated alkanes) is 1. The van der Waals surface area contributed by atoms with Crippen LogP contribution >= 0.6 is 24.0 Å². The Morgan fingerprint density at radius 3 is 2.65 bits per heavy atom. The smallest absolute Gasteiger partial charge is 0.188 e. The summed E-state index contributed by atoms with van der Waals surface area (Å²) in [5.41, 5.74) is 5.88. The van der Waals surface area contributed by atoms with Gasteiger partial charge >= 0.3 is 0 Å². The van der Waals surface area contributed by atoms with Gasteiger partial charge in [-0.05, 0) is 25.0 Å². The van der Waals surface area contributed by atoms with Crippen molar-refractivity contribution >= 4 is 29.9 Å². The van der Waals surface area contributed by atoms with Crippen LogP contribution in [0.5, 0.6) is 0 Å². The highest BCUT2D eigenvalue weighted by molar-refractivity contribution is 14.0. The van der Waals surface area contributed by atoms with Gasteiger partial charge in [0, 0.05) is 24.1 Å². The molecule has 2 unspecified atom stereocenters. The fourth-order valence-electron chi connectivity index (χ4n) is 2.13. The minimum absolute atomic E-state index is 0. The van der Waals surface area contributed by atoms with Crippen molar-refractivity contribution in [3.8, 4) is 0 Å². The van der Waals surface area contributed by atoms with Crippen molar-refractivity contribution in [2.45, 2.75) is 38.1 Å². The van der Waals surface area contributed by atoms with E-state index in [-0.39, 0.29) is 41.5 Å². The van der Waals surface area contributed by atoms with Crippen molar-refractivity contribution in [3.63, 3.8) is 0 Å². The standard InChI is InChI=1S/C14H19F2N3.HI/c1-2-3-7-18-14(17)19-12-8-9(12)13-10(15)5-4-6-11(13)16;/h4-6,9,12H,2-3,7-8H2,1H3,(H3,17,18,19);1H. The monoisotopic (exact) mass is 395 g/mol. The second-order valence-electron chi connectivity index (χ2n) is 4.85. The van der Waals surface area contributed by atoms with Crippen molar-refractivity contribution in [1.29, 1.82) is 0 Å². The van der Waals surface area contributed by atoms with Gasteiger partial charge in [0.05, 0.1) is 0 Å². The molecule has 2 rings (SSSR count). The molecule has 1 aromatic carbocycles. The molecule has 1 aromatic rings. The number of rotatable bonds is 5. The van der Waals surface area contributed by atoms with Crippen LogP contribution in [-0.2, 0) is 0 Å². The van der Waals surface area contributed by atoms with Crippen LogP contribution in [0.1, 0.15) is 37.7 Å². The Kier molecular flexibility index (Phi) is 6.64. The lowest BCUT2D eigenvalue weighted by Crippen LogP contribution is -2.34. The second-order valence-corrected chi connectivity index (χ2v) is 4.85. The summed E-state index contributed by atoms with van der Waals surface area (Å²) in [6.07, 6.45) is 2.73. The third kappa shape index (κ3) is 4.29. The van der Waals surface area contributed by atoms with Crippen LogP contribution in [-0.4, -0.2) is 18.5 Å². The Morgan fingerprint density at radius 1 is 1.40 bits per heavy atom. The van der Waals surface area contributed by atoms with E-state index in [0.29, 0.717) is 18.9 Å². The van der Waals surface area contributed by atoms with E-state index < -0.39 is 11.6 Å². The Hall–Kier alpha value is -0.920. The molecule has 0 aromatic heterocycles. The first kappa shape index (κ1) is 17.1. The molecule has 1 aliphatic rings. The van der Waals surface area contributed by atoms with E-state index in [2.05, 4.69) is 17.2 Å². The first-order chi connectivity index (χ1) is 9.13. The molecule has 0 aliphatic heterocycles. The SMILES string of the molecule is CCCCN=C(N)NC1CC1c1c(F)cccc1F.I. The van der Waals surface area contributed by atoms with E-state index in [4.69, 9.17) is 5.73 Å². The van der Waals surface area contributed by atoms with Gasteiger partial charge in [0.2, 0.25) is 0 Å².